The van der Waals surface area contributed by atoms with Crippen LogP contribution in [0.2, 0.25) is 0 Å². The van der Waals surface area contributed by atoms with Gasteiger partial charge < -0.3 is 10.5 Å². The molecule has 0 saturated carbocycles. The van der Waals surface area contributed by atoms with E-state index >= 15 is 0 Å². The zero-order valence-corrected chi connectivity index (χ0v) is 13.0. The number of carbonyl (C=O) groups excluding carboxylic acids is 1. The molecule has 0 spiro atoms. The maximum absolute atomic E-state index is 12.2. The number of nitrogens with two attached hydrogens (primary N) is 1. The monoisotopic (exact) mass is 298 g/mol. The smallest absolute Gasteiger partial charge is 0.410 e. The highest BCUT2D eigenvalue weighted by Crippen LogP contribution is 2.32. The lowest BCUT2D eigenvalue weighted by atomic mass is 10.0. The predicted molar refractivity (Wildman–Crippen MR) is 82.0 cm³/mol. The quantitative estimate of drug-likeness (QED) is 0.866. The Morgan fingerprint density at radius 3 is 2.45 bits per heavy atom. The summed E-state index contributed by atoms with van der Waals surface area (Å²) in [6, 6.07) is 9.79. The van der Waals surface area contributed by atoms with Gasteiger partial charge in [0.25, 0.3) is 0 Å². The van der Waals surface area contributed by atoms with Gasteiger partial charge in [-0.3, -0.25) is 4.90 Å². The molecule has 0 unspecified atom stereocenters. The van der Waals surface area contributed by atoms with Gasteiger partial charge in [-0.25, -0.2) is 4.79 Å². The van der Waals surface area contributed by atoms with Crippen LogP contribution in [-0.2, 0) is 4.74 Å². The van der Waals surface area contributed by atoms with E-state index in [-0.39, 0.29) is 30.6 Å². The standard InChI is InChI=1S/C15H22N2O2.ClH/c1-15(2,3)19-14(18)17-10-9-12(16)13(17)11-7-5-4-6-8-11;/h4-8,12-13H,9-10,16H2,1-3H3;1H/t12-,13-;/m1./s1. The zero-order chi connectivity index (χ0) is 14.0. The van der Waals surface area contributed by atoms with Crippen molar-refractivity contribution < 1.29 is 9.53 Å². The molecule has 0 radical (unpaired) electrons. The number of amides is 1. The van der Waals surface area contributed by atoms with Gasteiger partial charge >= 0.3 is 6.09 Å². The molecule has 112 valence electrons. The van der Waals surface area contributed by atoms with Gasteiger partial charge in [0.15, 0.2) is 0 Å². The Bertz CT molecular complexity index is 445. The molecule has 20 heavy (non-hydrogen) atoms. The second kappa shape index (κ2) is 6.46. The summed E-state index contributed by atoms with van der Waals surface area (Å²) >= 11 is 0. The Morgan fingerprint density at radius 1 is 1.30 bits per heavy atom. The number of benzene rings is 1. The van der Waals surface area contributed by atoms with E-state index in [0.717, 1.165) is 12.0 Å². The van der Waals surface area contributed by atoms with Crippen molar-refractivity contribution in [3.8, 4) is 0 Å². The van der Waals surface area contributed by atoms with E-state index in [2.05, 4.69) is 0 Å². The average Bonchev–Trinajstić information content (AvgIpc) is 2.70. The second-order valence-corrected chi connectivity index (χ2v) is 5.98. The summed E-state index contributed by atoms with van der Waals surface area (Å²) in [4.78, 5) is 14.0. The first-order valence-corrected chi connectivity index (χ1v) is 6.68. The van der Waals surface area contributed by atoms with Gasteiger partial charge in [-0.05, 0) is 32.8 Å². The number of rotatable bonds is 1. The maximum atomic E-state index is 12.2. The lowest BCUT2D eigenvalue weighted by molar-refractivity contribution is 0.0218. The molecule has 1 saturated heterocycles. The van der Waals surface area contributed by atoms with Crippen molar-refractivity contribution in [3.05, 3.63) is 35.9 Å². The van der Waals surface area contributed by atoms with Gasteiger partial charge in [-0.1, -0.05) is 30.3 Å². The van der Waals surface area contributed by atoms with E-state index in [9.17, 15) is 4.79 Å². The van der Waals surface area contributed by atoms with Crippen molar-refractivity contribution in [1.29, 1.82) is 0 Å². The Morgan fingerprint density at radius 2 is 1.90 bits per heavy atom. The van der Waals surface area contributed by atoms with Crippen LogP contribution in [0.15, 0.2) is 30.3 Å². The van der Waals surface area contributed by atoms with Crippen LogP contribution in [0.25, 0.3) is 0 Å². The molecular weight excluding hydrogens is 276 g/mol. The largest absolute Gasteiger partial charge is 0.444 e. The van der Waals surface area contributed by atoms with Gasteiger partial charge in [0.1, 0.15) is 5.60 Å². The summed E-state index contributed by atoms with van der Waals surface area (Å²) < 4.78 is 5.45. The minimum Gasteiger partial charge on any atom is -0.444 e. The van der Waals surface area contributed by atoms with Gasteiger partial charge in [0.05, 0.1) is 6.04 Å². The normalized spacial score (nSPS) is 22.3. The molecule has 2 rings (SSSR count). The molecule has 0 aliphatic carbocycles. The molecular formula is C15H23ClN2O2. The molecule has 1 aromatic carbocycles. The summed E-state index contributed by atoms with van der Waals surface area (Å²) in [6.07, 6.45) is 0.521. The number of ether oxygens (including phenoxy) is 1. The van der Waals surface area contributed by atoms with Crippen LogP contribution < -0.4 is 5.73 Å². The van der Waals surface area contributed by atoms with Gasteiger partial charge in [0.2, 0.25) is 0 Å². The first-order valence-electron chi connectivity index (χ1n) is 6.68. The summed E-state index contributed by atoms with van der Waals surface area (Å²) in [6.45, 7) is 6.27. The highest BCUT2D eigenvalue weighted by Gasteiger charge is 2.38. The minimum absolute atomic E-state index is 0. The molecule has 2 N–H and O–H groups in total. The molecule has 1 aromatic rings. The van der Waals surface area contributed by atoms with Gasteiger partial charge in [-0.15, -0.1) is 12.4 Å². The maximum Gasteiger partial charge on any atom is 0.410 e. The first kappa shape index (κ1) is 16.8. The second-order valence-electron chi connectivity index (χ2n) is 5.98. The lowest BCUT2D eigenvalue weighted by Gasteiger charge is -2.30. The third-order valence-corrected chi connectivity index (χ3v) is 3.21. The summed E-state index contributed by atoms with van der Waals surface area (Å²) in [7, 11) is 0. The predicted octanol–water partition coefficient (Wildman–Crippen LogP) is 3.12. The minimum atomic E-state index is -0.481. The molecule has 1 amide bonds. The van der Waals surface area contributed by atoms with Crippen LogP contribution in [0.3, 0.4) is 0 Å². The number of nitrogens with zero attached hydrogens (tertiary/aromatic N) is 1. The molecule has 1 fully saturated rings. The van der Waals surface area contributed by atoms with E-state index in [0.29, 0.717) is 6.54 Å². The number of hydrogen-bond acceptors (Lipinski definition) is 3. The zero-order valence-electron chi connectivity index (χ0n) is 12.2. The van der Waals surface area contributed by atoms with E-state index in [1.807, 2.05) is 51.1 Å². The summed E-state index contributed by atoms with van der Waals surface area (Å²) in [5.41, 5.74) is 6.74. The molecule has 0 bridgehead atoms. The summed E-state index contributed by atoms with van der Waals surface area (Å²) in [5.74, 6) is 0. The third-order valence-electron chi connectivity index (χ3n) is 3.21. The van der Waals surface area contributed by atoms with Crippen molar-refractivity contribution in [1.82, 2.24) is 4.90 Å². The van der Waals surface area contributed by atoms with Crippen LogP contribution in [0.5, 0.6) is 0 Å². The topological polar surface area (TPSA) is 55.6 Å². The third kappa shape index (κ3) is 3.87. The highest BCUT2D eigenvalue weighted by molar-refractivity contribution is 5.85. The van der Waals surface area contributed by atoms with Crippen molar-refractivity contribution in [2.45, 2.75) is 44.9 Å². The molecule has 2 atom stereocenters. The SMILES string of the molecule is CC(C)(C)OC(=O)N1CC[C@@H](N)[C@H]1c1ccccc1.Cl. The van der Waals surface area contributed by atoms with Gasteiger partial charge in [-0.2, -0.15) is 0 Å². The Hall–Kier alpha value is -1.26. The first-order chi connectivity index (χ1) is 8.88. The van der Waals surface area contributed by atoms with Crippen LogP contribution in [-0.4, -0.2) is 29.2 Å². The molecule has 0 aromatic heterocycles. The molecule has 1 aliphatic heterocycles. The summed E-state index contributed by atoms with van der Waals surface area (Å²) in [5, 5.41) is 0. The van der Waals surface area contributed by atoms with Crippen molar-refractivity contribution in [3.63, 3.8) is 0 Å². The molecule has 1 aliphatic rings. The average molecular weight is 299 g/mol. The number of halogens is 1. The molecule has 5 heteroatoms. The van der Waals surface area contributed by atoms with Crippen LogP contribution in [0.1, 0.15) is 38.8 Å². The number of hydrogen-bond donors (Lipinski definition) is 1. The van der Waals surface area contributed by atoms with Crippen LogP contribution >= 0.6 is 12.4 Å². The van der Waals surface area contributed by atoms with Gasteiger partial charge in [0, 0.05) is 12.6 Å². The van der Waals surface area contributed by atoms with E-state index in [1.165, 1.54) is 0 Å². The number of carbonyl (C=O) groups is 1. The van der Waals surface area contributed by atoms with Crippen molar-refractivity contribution in [2.75, 3.05) is 6.54 Å². The van der Waals surface area contributed by atoms with Crippen LogP contribution in [0, 0.1) is 0 Å². The van der Waals surface area contributed by atoms with Crippen LogP contribution in [0.4, 0.5) is 4.79 Å². The van der Waals surface area contributed by atoms with E-state index in [1.54, 1.807) is 4.90 Å². The Balaban J connectivity index is 0.00000200. The molecule has 1 heterocycles. The fourth-order valence-electron chi connectivity index (χ4n) is 2.42. The van der Waals surface area contributed by atoms with Crippen molar-refractivity contribution >= 4 is 18.5 Å². The fraction of sp³-hybridized carbons (Fsp3) is 0.533. The van der Waals surface area contributed by atoms with E-state index < -0.39 is 5.60 Å². The Labute approximate surface area is 126 Å². The Kier molecular flexibility index (Phi) is 5.42. The van der Waals surface area contributed by atoms with E-state index in [4.69, 9.17) is 10.5 Å². The fourth-order valence-corrected chi connectivity index (χ4v) is 2.42. The number of likely N-dealkylation sites (tertiary alicyclic amines) is 1. The lowest BCUT2D eigenvalue weighted by Crippen LogP contribution is -2.39. The van der Waals surface area contributed by atoms with Crippen molar-refractivity contribution in [2.24, 2.45) is 5.73 Å². The molecule has 4 nitrogen and oxygen atoms in total. The highest BCUT2D eigenvalue weighted by atomic mass is 35.5.